The van der Waals surface area contributed by atoms with E-state index in [1.165, 1.54) is 12.1 Å². The van der Waals surface area contributed by atoms with Gasteiger partial charge < -0.3 is 9.47 Å². The van der Waals surface area contributed by atoms with E-state index in [2.05, 4.69) is 0 Å². The van der Waals surface area contributed by atoms with Gasteiger partial charge >= 0.3 is 5.97 Å². The van der Waals surface area contributed by atoms with Crippen LogP contribution in [0.1, 0.15) is 12.0 Å². The lowest BCUT2D eigenvalue weighted by Crippen LogP contribution is -2.09. The van der Waals surface area contributed by atoms with Gasteiger partial charge in [-0.05, 0) is 29.8 Å². The summed E-state index contributed by atoms with van der Waals surface area (Å²) in [6.07, 6.45) is 0.177. The number of benzene rings is 2. The standard InChI is InChI=1S/C16H15FO3/c17-14-8-6-13(7-9-14)12-20-16(18)10-11-19-15-4-2-1-3-5-15/h1-9H,10-12H2. The van der Waals surface area contributed by atoms with Crippen molar-refractivity contribution in [1.29, 1.82) is 0 Å². The van der Waals surface area contributed by atoms with Crippen molar-refractivity contribution in [2.75, 3.05) is 6.61 Å². The molecule has 0 atom stereocenters. The van der Waals surface area contributed by atoms with E-state index in [4.69, 9.17) is 9.47 Å². The maximum absolute atomic E-state index is 12.7. The molecule has 0 aliphatic heterocycles. The molecule has 0 aliphatic rings. The largest absolute Gasteiger partial charge is 0.493 e. The fourth-order valence-corrected chi connectivity index (χ4v) is 1.59. The van der Waals surface area contributed by atoms with Crippen LogP contribution in [-0.2, 0) is 16.1 Å². The number of carbonyl (C=O) groups excluding carboxylic acids is 1. The SMILES string of the molecule is O=C(CCOc1ccccc1)OCc1ccc(F)cc1. The second kappa shape index (κ2) is 7.28. The van der Waals surface area contributed by atoms with E-state index in [0.29, 0.717) is 0 Å². The fourth-order valence-electron chi connectivity index (χ4n) is 1.59. The number of ether oxygens (including phenoxy) is 2. The van der Waals surface area contributed by atoms with Crippen LogP contribution in [0, 0.1) is 5.82 Å². The van der Waals surface area contributed by atoms with Crippen LogP contribution in [0.3, 0.4) is 0 Å². The predicted octanol–water partition coefficient (Wildman–Crippen LogP) is 3.34. The third kappa shape index (κ3) is 4.72. The molecule has 104 valence electrons. The van der Waals surface area contributed by atoms with Gasteiger partial charge in [-0.3, -0.25) is 4.79 Å². The molecule has 0 radical (unpaired) electrons. The zero-order valence-corrected chi connectivity index (χ0v) is 10.9. The van der Waals surface area contributed by atoms with Gasteiger partial charge in [-0.2, -0.15) is 0 Å². The highest BCUT2D eigenvalue weighted by Gasteiger charge is 2.04. The minimum Gasteiger partial charge on any atom is -0.493 e. The molecule has 0 spiro atoms. The summed E-state index contributed by atoms with van der Waals surface area (Å²) < 4.78 is 23.1. The highest BCUT2D eigenvalue weighted by Crippen LogP contribution is 2.09. The summed E-state index contributed by atoms with van der Waals surface area (Å²) in [5.74, 6) is 0.0698. The van der Waals surface area contributed by atoms with Crippen LogP contribution in [0.15, 0.2) is 54.6 Å². The van der Waals surface area contributed by atoms with Crippen LogP contribution in [0.25, 0.3) is 0 Å². The topological polar surface area (TPSA) is 35.5 Å². The van der Waals surface area contributed by atoms with E-state index in [0.717, 1.165) is 11.3 Å². The van der Waals surface area contributed by atoms with Crippen molar-refractivity contribution in [3.63, 3.8) is 0 Å². The van der Waals surface area contributed by atoms with Crippen molar-refractivity contribution in [1.82, 2.24) is 0 Å². The van der Waals surface area contributed by atoms with Gasteiger partial charge in [-0.25, -0.2) is 4.39 Å². The van der Waals surface area contributed by atoms with E-state index in [-0.39, 0.29) is 31.4 Å². The zero-order chi connectivity index (χ0) is 14.2. The minimum absolute atomic E-state index is 0.143. The minimum atomic E-state index is -0.342. The highest BCUT2D eigenvalue weighted by atomic mass is 19.1. The lowest BCUT2D eigenvalue weighted by molar-refractivity contribution is -0.145. The molecule has 0 heterocycles. The van der Waals surface area contributed by atoms with Crippen molar-refractivity contribution < 1.29 is 18.7 Å². The zero-order valence-electron chi connectivity index (χ0n) is 10.9. The van der Waals surface area contributed by atoms with Crippen molar-refractivity contribution >= 4 is 5.97 Å². The van der Waals surface area contributed by atoms with Crippen molar-refractivity contribution in [2.45, 2.75) is 13.0 Å². The summed E-state index contributed by atoms with van der Waals surface area (Å²) in [5, 5.41) is 0. The first kappa shape index (κ1) is 14.1. The average molecular weight is 274 g/mol. The Morgan fingerprint density at radius 2 is 1.70 bits per heavy atom. The van der Waals surface area contributed by atoms with Gasteiger partial charge in [-0.15, -0.1) is 0 Å². The van der Waals surface area contributed by atoms with Crippen molar-refractivity contribution in [2.24, 2.45) is 0 Å². The Hall–Kier alpha value is -2.36. The summed E-state index contributed by atoms with van der Waals surface area (Å²) in [7, 11) is 0. The lowest BCUT2D eigenvalue weighted by atomic mass is 10.2. The normalized spacial score (nSPS) is 10.1. The molecule has 2 aromatic rings. The number of rotatable bonds is 6. The molecule has 0 saturated carbocycles. The Kier molecular flexibility index (Phi) is 5.12. The Labute approximate surface area is 117 Å². The molecule has 0 aliphatic carbocycles. The molecule has 2 aromatic carbocycles. The van der Waals surface area contributed by atoms with Gasteiger partial charge in [0.05, 0.1) is 13.0 Å². The quantitative estimate of drug-likeness (QED) is 0.758. The molecule has 0 unspecified atom stereocenters. The van der Waals surface area contributed by atoms with Gasteiger partial charge in [0.2, 0.25) is 0 Å². The van der Waals surface area contributed by atoms with Gasteiger partial charge in [-0.1, -0.05) is 30.3 Å². The summed E-state index contributed by atoms with van der Waals surface area (Å²) in [5.41, 5.74) is 0.753. The molecule has 0 bridgehead atoms. The van der Waals surface area contributed by atoms with Crippen LogP contribution >= 0.6 is 0 Å². The first-order chi connectivity index (χ1) is 9.74. The van der Waals surface area contributed by atoms with Crippen LogP contribution < -0.4 is 4.74 Å². The fraction of sp³-hybridized carbons (Fsp3) is 0.188. The second-order valence-electron chi connectivity index (χ2n) is 4.20. The molecular weight excluding hydrogens is 259 g/mol. The first-order valence-corrected chi connectivity index (χ1v) is 6.32. The molecular formula is C16H15FO3. The van der Waals surface area contributed by atoms with E-state index in [9.17, 15) is 9.18 Å². The maximum Gasteiger partial charge on any atom is 0.309 e. The van der Waals surface area contributed by atoms with Crippen LogP contribution in [0.2, 0.25) is 0 Å². The van der Waals surface area contributed by atoms with Gasteiger partial charge in [0, 0.05) is 0 Å². The van der Waals surface area contributed by atoms with Crippen LogP contribution in [0.5, 0.6) is 5.75 Å². The molecule has 0 fully saturated rings. The summed E-state index contributed by atoms with van der Waals surface area (Å²) >= 11 is 0. The van der Waals surface area contributed by atoms with Gasteiger partial charge in [0.1, 0.15) is 18.2 Å². The highest BCUT2D eigenvalue weighted by molar-refractivity contribution is 5.69. The third-order valence-electron chi connectivity index (χ3n) is 2.63. The van der Waals surface area contributed by atoms with Crippen molar-refractivity contribution in [3.05, 3.63) is 66.0 Å². The van der Waals surface area contributed by atoms with Crippen molar-refractivity contribution in [3.8, 4) is 5.75 Å². The smallest absolute Gasteiger partial charge is 0.309 e. The van der Waals surface area contributed by atoms with E-state index in [1.54, 1.807) is 12.1 Å². The Bertz CT molecular complexity index is 537. The second-order valence-corrected chi connectivity index (χ2v) is 4.20. The Morgan fingerprint density at radius 3 is 2.40 bits per heavy atom. The maximum atomic E-state index is 12.7. The number of hydrogen-bond acceptors (Lipinski definition) is 3. The summed E-state index contributed by atoms with van der Waals surface area (Å²) in [6, 6.07) is 15.1. The average Bonchev–Trinajstić information content (AvgIpc) is 2.48. The summed E-state index contributed by atoms with van der Waals surface area (Å²) in [4.78, 5) is 11.5. The molecule has 0 saturated heterocycles. The predicted molar refractivity (Wildman–Crippen MR) is 72.8 cm³/mol. The van der Waals surface area contributed by atoms with Gasteiger partial charge in [0.15, 0.2) is 0 Å². The van der Waals surface area contributed by atoms with E-state index < -0.39 is 0 Å². The first-order valence-electron chi connectivity index (χ1n) is 6.32. The molecule has 0 amide bonds. The van der Waals surface area contributed by atoms with Gasteiger partial charge in [0.25, 0.3) is 0 Å². The van der Waals surface area contributed by atoms with E-state index in [1.807, 2.05) is 30.3 Å². The van der Waals surface area contributed by atoms with E-state index >= 15 is 0 Å². The molecule has 4 heteroatoms. The number of halogens is 1. The number of hydrogen-bond donors (Lipinski definition) is 0. The van der Waals surface area contributed by atoms with Crippen LogP contribution in [0.4, 0.5) is 4.39 Å². The molecule has 3 nitrogen and oxygen atoms in total. The third-order valence-corrected chi connectivity index (χ3v) is 2.63. The summed E-state index contributed by atoms with van der Waals surface area (Å²) in [6.45, 7) is 0.413. The number of esters is 1. The Morgan fingerprint density at radius 1 is 1.00 bits per heavy atom. The Balaban J connectivity index is 1.67. The number of carbonyl (C=O) groups is 1. The molecule has 0 N–H and O–H groups in total. The number of para-hydroxylation sites is 1. The molecule has 20 heavy (non-hydrogen) atoms. The lowest BCUT2D eigenvalue weighted by Gasteiger charge is -2.07. The monoisotopic (exact) mass is 274 g/mol. The molecule has 0 aromatic heterocycles. The molecule has 2 rings (SSSR count). The van der Waals surface area contributed by atoms with Crippen LogP contribution in [-0.4, -0.2) is 12.6 Å².